The highest BCUT2D eigenvalue weighted by Gasteiger charge is 2.15. The predicted octanol–water partition coefficient (Wildman–Crippen LogP) is 1.16. The second-order valence-electron chi connectivity index (χ2n) is 6.13. The first-order valence-corrected chi connectivity index (χ1v) is 8.79. The lowest BCUT2D eigenvalue weighted by atomic mass is 9.96. The van der Waals surface area contributed by atoms with Crippen molar-refractivity contribution in [2.75, 3.05) is 19.6 Å². The van der Waals surface area contributed by atoms with Crippen LogP contribution in [0.1, 0.15) is 42.5 Å². The van der Waals surface area contributed by atoms with E-state index in [0.717, 1.165) is 25.7 Å². The molecule has 0 unspecified atom stereocenters. The molecule has 1 saturated carbocycles. The molecule has 136 valence electrons. The summed E-state index contributed by atoms with van der Waals surface area (Å²) in [5.41, 5.74) is 0.579. The molecule has 7 nitrogen and oxygen atoms in total. The van der Waals surface area contributed by atoms with E-state index >= 15 is 0 Å². The summed E-state index contributed by atoms with van der Waals surface area (Å²) in [5.74, 6) is -0.465. The van der Waals surface area contributed by atoms with Gasteiger partial charge in [-0.25, -0.2) is 4.79 Å². The molecule has 25 heavy (non-hydrogen) atoms. The molecule has 0 radical (unpaired) electrons. The molecule has 1 aromatic carbocycles. The predicted molar refractivity (Wildman–Crippen MR) is 95.2 cm³/mol. The maximum absolute atomic E-state index is 11.8. The number of hydrogen-bond acceptors (Lipinski definition) is 3. The molecule has 0 atom stereocenters. The Kier molecular flexibility index (Phi) is 7.75. The van der Waals surface area contributed by atoms with Gasteiger partial charge in [-0.1, -0.05) is 37.5 Å². The first-order chi connectivity index (χ1) is 12.1. The number of benzene rings is 1. The van der Waals surface area contributed by atoms with Crippen molar-refractivity contribution in [1.29, 1.82) is 0 Å². The molecule has 2 rings (SSSR count). The zero-order valence-corrected chi connectivity index (χ0v) is 14.3. The van der Waals surface area contributed by atoms with Gasteiger partial charge < -0.3 is 21.3 Å². The van der Waals surface area contributed by atoms with E-state index in [2.05, 4.69) is 21.3 Å². The van der Waals surface area contributed by atoms with E-state index in [1.165, 1.54) is 6.42 Å². The molecule has 0 spiro atoms. The molecule has 7 heteroatoms. The maximum atomic E-state index is 11.8. The van der Waals surface area contributed by atoms with Crippen LogP contribution < -0.4 is 21.3 Å². The molecule has 1 fully saturated rings. The average molecular weight is 346 g/mol. The van der Waals surface area contributed by atoms with Crippen LogP contribution in [-0.2, 0) is 4.79 Å². The largest absolute Gasteiger partial charge is 0.353 e. The number of carbonyl (C=O) groups is 3. The molecule has 0 saturated heterocycles. The third-order valence-corrected chi connectivity index (χ3v) is 4.12. The van der Waals surface area contributed by atoms with E-state index in [0.29, 0.717) is 18.7 Å². The van der Waals surface area contributed by atoms with Crippen molar-refractivity contribution in [3.8, 4) is 0 Å². The van der Waals surface area contributed by atoms with Crippen LogP contribution in [0, 0.1) is 0 Å². The Labute approximate surface area is 147 Å². The normalized spacial score (nSPS) is 14.4. The lowest BCUT2D eigenvalue weighted by molar-refractivity contribution is -0.120. The van der Waals surface area contributed by atoms with Gasteiger partial charge in [-0.3, -0.25) is 9.59 Å². The highest BCUT2D eigenvalue weighted by molar-refractivity contribution is 5.94. The molecule has 1 aliphatic carbocycles. The first-order valence-electron chi connectivity index (χ1n) is 8.79. The summed E-state index contributed by atoms with van der Waals surface area (Å²) in [5, 5.41) is 10.8. The summed E-state index contributed by atoms with van der Waals surface area (Å²) in [6.45, 7) is 0.558. The Morgan fingerprint density at radius 3 is 2.28 bits per heavy atom. The van der Waals surface area contributed by atoms with Crippen molar-refractivity contribution in [1.82, 2.24) is 21.3 Å². The second kappa shape index (κ2) is 10.3. The summed E-state index contributed by atoms with van der Waals surface area (Å²) in [6, 6.07) is 8.78. The van der Waals surface area contributed by atoms with Crippen molar-refractivity contribution in [3.05, 3.63) is 35.9 Å². The molecule has 0 aromatic heterocycles. The quantitative estimate of drug-likeness (QED) is 0.558. The third-order valence-electron chi connectivity index (χ3n) is 4.12. The van der Waals surface area contributed by atoms with Crippen molar-refractivity contribution in [2.24, 2.45) is 0 Å². The van der Waals surface area contributed by atoms with Crippen LogP contribution in [0.5, 0.6) is 0 Å². The smallest absolute Gasteiger partial charge is 0.315 e. The summed E-state index contributed by atoms with van der Waals surface area (Å²) >= 11 is 0. The summed E-state index contributed by atoms with van der Waals surface area (Å²) in [4.78, 5) is 35.2. The minimum atomic E-state index is -0.306. The van der Waals surface area contributed by atoms with E-state index in [9.17, 15) is 14.4 Å². The van der Waals surface area contributed by atoms with E-state index in [4.69, 9.17) is 0 Å². The molecule has 0 aliphatic heterocycles. The van der Waals surface area contributed by atoms with E-state index < -0.39 is 0 Å². The fraction of sp³-hybridized carbons (Fsp3) is 0.500. The number of carbonyl (C=O) groups excluding carboxylic acids is 3. The average Bonchev–Trinajstić information content (AvgIpc) is 2.65. The van der Waals surface area contributed by atoms with Gasteiger partial charge in [0.1, 0.15) is 0 Å². The van der Waals surface area contributed by atoms with Crippen molar-refractivity contribution >= 4 is 17.8 Å². The monoisotopic (exact) mass is 346 g/mol. The van der Waals surface area contributed by atoms with E-state index in [1.54, 1.807) is 24.3 Å². The van der Waals surface area contributed by atoms with Gasteiger partial charge in [0.05, 0.1) is 6.54 Å². The van der Waals surface area contributed by atoms with Gasteiger partial charge in [0, 0.05) is 24.7 Å². The summed E-state index contributed by atoms with van der Waals surface area (Å²) in [7, 11) is 0. The third kappa shape index (κ3) is 7.24. The van der Waals surface area contributed by atoms with Gasteiger partial charge in [-0.15, -0.1) is 0 Å². The molecule has 0 bridgehead atoms. The SMILES string of the molecule is O=C(CNC(=O)NC1CCCCC1)NCCNC(=O)c1ccccc1. The van der Waals surface area contributed by atoms with Crippen molar-refractivity contribution in [2.45, 2.75) is 38.1 Å². The number of urea groups is 1. The van der Waals surface area contributed by atoms with Crippen LogP contribution in [0.15, 0.2) is 30.3 Å². The molecule has 1 aromatic rings. The highest BCUT2D eigenvalue weighted by Crippen LogP contribution is 2.16. The van der Waals surface area contributed by atoms with Gasteiger partial charge >= 0.3 is 6.03 Å². The van der Waals surface area contributed by atoms with Crippen LogP contribution in [0.2, 0.25) is 0 Å². The Bertz CT molecular complexity index is 571. The zero-order chi connectivity index (χ0) is 17.9. The van der Waals surface area contributed by atoms with Gasteiger partial charge in [-0.2, -0.15) is 0 Å². The first kappa shape index (κ1) is 18.8. The number of hydrogen-bond donors (Lipinski definition) is 4. The number of rotatable bonds is 7. The fourth-order valence-corrected chi connectivity index (χ4v) is 2.78. The van der Waals surface area contributed by atoms with Crippen LogP contribution in [0.25, 0.3) is 0 Å². The van der Waals surface area contributed by atoms with Gasteiger partial charge in [0.15, 0.2) is 0 Å². The lowest BCUT2D eigenvalue weighted by Crippen LogP contribution is -2.46. The Morgan fingerprint density at radius 2 is 1.56 bits per heavy atom. The van der Waals surface area contributed by atoms with Gasteiger partial charge in [0.2, 0.25) is 5.91 Å². The Hall–Kier alpha value is -2.57. The van der Waals surface area contributed by atoms with Crippen molar-refractivity contribution < 1.29 is 14.4 Å². The van der Waals surface area contributed by atoms with Crippen LogP contribution in [-0.4, -0.2) is 43.5 Å². The van der Waals surface area contributed by atoms with Crippen molar-refractivity contribution in [3.63, 3.8) is 0 Å². The number of nitrogens with one attached hydrogen (secondary N) is 4. The topological polar surface area (TPSA) is 99.3 Å². The van der Waals surface area contributed by atoms with E-state index in [1.807, 2.05) is 6.07 Å². The molecule has 4 N–H and O–H groups in total. The summed E-state index contributed by atoms with van der Waals surface area (Å²) in [6.07, 6.45) is 5.50. The molecule has 4 amide bonds. The second-order valence-corrected chi connectivity index (χ2v) is 6.13. The number of amides is 4. The zero-order valence-electron chi connectivity index (χ0n) is 14.3. The fourth-order valence-electron chi connectivity index (χ4n) is 2.78. The summed E-state index contributed by atoms with van der Waals surface area (Å²) < 4.78 is 0. The van der Waals surface area contributed by atoms with E-state index in [-0.39, 0.29) is 30.4 Å². The highest BCUT2D eigenvalue weighted by atomic mass is 16.2. The molecule has 1 aliphatic rings. The lowest BCUT2D eigenvalue weighted by Gasteiger charge is -2.22. The minimum Gasteiger partial charge on any atom is -0.353 e. The Morgan fingerprint density at radius 1 is 0.880 bits per heavy atom. The maximum Gasteiger partial charge on any atom is 0.315 e. The molecule has 0 heterocycles. The molecular formula is C18H26N4O3. The van der Waals surface area contributed by atoms with Crippen LogP contribution in [0.4, 0.5) is 4.79 Å². The standard InChI is InChI=1S/C18H26N4O3/c23-16(13-21-18(25)22-15-9-5-2-6-10-15)19-11-12-20-17(24)14-7-3-1-4-8-14/h1,3-4,7-8,15H,2,5-6,9-13H2,(H,19,23)(H,20,24)(H2,21,22,25). The van der Waals surface area contributed by atoms with Gasteiger partial charge in [0.25, 0.3) is 5.91 Å². The van der Waals surface area contributed by atoms with Gasteiger partial charge in [-0.05, 0) is 25.0 Å². The molecular weight excluding hydrogens is 320 g/mol. The Balaban J connectivity index is 1.53. The minimum absolute atomic E-state index is 0.0782. The van der Waals surface area contributed by atoms with Crippen LogP contribution >= 0.6 is 0 Å². The van der Waals surface area contributed by atoms with Crippen LogP contribution in [0.3, 0.4) is 0 Å².